The predicted molar refractivity (Wildman–Crippen MR) is 89.9 cm³/mol. The molecule has 0 bridgehead atoms. The van der Waals surface area contributed by atoms with E-state index in [1.54, 1.807) is 12.1 Å². The summed E-state index contributed by atoms with van der Waals surface area (Å²) in [4.78, 5) is -0.164. The Labute approximate surface area is 150 Å². The smallest absolute Gasteiger partial charge is 0.243 e. The van der Waals surface area contributed by atoms with Crippen LogP contribution in [0.2, 0.25) is 5.02 Å². The maximum Gasteiger partial charge on any atom is 0.243 e. The normalized spacial score (nSPS) is 19.4. The fourth-order valence-corrected chi connectivity index (χ4v) is 6.24. The monoisotopic (exact) mass is 407 g/mol. The van der Waals surface area contributed by atoms with Gasteiger partial charge < -0.3 is 4.42 Å². The molecule has 136 valence electrons. The summed E-state index contributed by atoms with van der Waals surface area (Å²) in [6, 6.07) is 6.25. The van der Waals surface area contributed by atoms with Crippen LogP contribution in [0, 0.1) is 5.82 Å². The maximum absolute atomic E-state index is 13.2. The number of hydrogen-bond acceptors (Lipinski definition) is 5. The van der Waals surface area contributed by atoms with E-state index in [2.05, 4.69) is 0 Å². The van der Waals surface area contributed by atoms with E-state index in [9.17, 15) is 21.2 Å². The zero-order valence-corrected chi connectivity index (χ0v) is 15.3. The van der Waals surface area contributed by atoms with Crippen LogP contribution in [0.4, 0.5) is 4.39 Å². The minimum Gasteiger partial charge on any atom is -0.468 e. The van der Waals surface area contributed by atoms with Crippen molar-refractivity contribution in [1.82, 2.24) is 4.31 Å². The molecule has 2 heterocycles. The van der Waals surface area contributed by atoms with Gasteiger partial charge in [0, 0.05) is 13.1 Å². The number of hydrogen-bond donors (Lipinski definition) is 0. The van der Waals surface area contributed by atoms with E-state index in [0.29, 0.717) is 5.76 Å². The van der Waals surface area contributed by atoms with Crippen molar-refractivity contribution < 1.29 is 25.6 Å². The molecule has 0 radical (unpaired) electrons. The predicted octanol–water partition coefficient (Wildman–Crippen LogP) is 2.45. The Balaban J connectivity index is 1.78. The Morgan fingerprint density at radius 3 is 2.64 bits per heavy atom. The van der Waals surface area contributed by atoms with Crippen molar-refractivity contribution in [1.29, 1.82) is 0 Å². The lowest BCUT2D eigenvalue weighted by molar-refractivity contribution is 0.476. The summed E-state index contributed by atoms with van der Waals surface area (Å²) in [6.45, 7) is -0.0836. The first-order chi connectivity index (χ1) is 11.7. The van der Waals surface area contributed by atoms with Crippen molar-refractivity contribution in [3.8, 4) is 0 Å². The summed E-state index contributed by atoms with van der Waals surface area (Å²) in [5.74, 6) is -0.687. The van der Waals surface area contributed by atoms with Crippen molar-refractivity contribution in [2.24, 2.45) is 0 Å². The van der Waals surface area contributed by atoms with E-state index in [1.165, 1.54) is 6.26 Å². The van der Waals surface area contributed by atoms with Gasteiger partial charge in [0.2, 0.25) is 10.0 Å². The van der Waals surface area contributed by atoms with Crippen LogP contribution in [-0.2, 0) is 25.6 Å². The molecular formula is C15H15ClFNO5S2. The van der Waals surface area contributed by atoms with Gasteiger partial charge in [-0.2, -0.15) is 4.31 Å². The molecule has 25 heavy (non-hydrogen) atoms. The molecule has 2 aromatic rings. The summed E-state index contributed by atoms with van der Waals surface area (Å²) < 4.78 is 69.5. The third-order valence-corrected chi connectivity index (χ3v) is 8.31. The van der Waals surface area contributed by atoms with Gasteiger partial charge in [-0.1, -0.05) is 11.6 Å². The largest absolute Gasteiger partial charge is 0.468 e. The summed E-state index contributed by atoms with van der Waals surface area (Å²) in [6.07, 6.45) is 1.58. The highest BCUT2D eigenvalue weighted by Gasteiger charge is 2.39. The number of nitrogens with zero attached hydrogens (tertiary/aromatic N) is 1. The summed E-state index contributed by atoms with van der Waals surface area (Å²) >= 11 is 5.64. The highest BCUT2D eigenvalue weighted by atomic mass is 35.5. The average Bonchev–Trinajstić information content (AvgIpc) is 3.21. The van der Waals surface area contributed by atoms with Crippen LogP contribution in [0.25, 0.3) is 0 Å². The Bertz CT molecular complexity index is 973. The van der Waals surface area contributed by atoms with Crippen molar-refractivity contribution in [3.63, 3.8) is 0 Å². The quantitative estimate of drug-likeness (QED) is 0.760. The number of halogens is 2. The lowest BCUT2D eigenvalue weighted by Gasteiger charge is -2.17. The molecule has 6 nitrogen and oxygen atoms in total. The van der Waals surface area contributed by atoms with Crippen LogP contribution >= 0.6 is 11.6 Å². The molecule has 1 aliphatic rings. The van der Waals surface area contributed by atoms with E-state index >= 15 is 0 Å². The van der Waals surface area contributed by atoms with Crippen LogP contribution in [0.5, 0.6) is 0 Å². The Morgan fingerprint density at radius 2 is 2.00 bits per heavy atom. The zero-order chi connectivity index (χ0) is 18.2. The van der Waals surface area contributed by atoms with Crippen molar-refractivity contribution in [2.45, 2.75) is 22.3 Å². The van der Waals surface area contributed by atoms with Crippen molar-refractivity contribution in [2.75, 3.05) is 13.1 Å². The fraction of sp³-hybridized carbons (Fsp3) is 0.333. The minimum absolute atomic E-state index is 0.0688. The molecule has 0 aliphatic carbocycles. The summed E-state index contributed by atoms with van der Waals surface area (Å²) in [7, 11) is -7.50. The van der Waals surface area contributed by atoms with Gasteiger partial charge >= 0.3 is 0 Å². The standard InChI is InChI=1S/C15H15ClFNO5S2/c16-14-8-12(3-4-15(14)17)25(21,22)18-6-5-13(9-18)24(19,20)10-11-2-1-7-23-11/h1-4,7-8,13H,5-6,9-10H2/t13-/m0/s1. The van der Waals surface area contributed by atoms with Crippen LogP contribution in [0.1, 0.15) is 12.2 Å². The molecule has 10 heteroatoms. The number of rotatable bonds is 5. The Hall–Kier alpha value is -1.42. The van der Waals surface area contributed by atoms with E-state index in [1.807, 2.05) is 0 Å². The van der Waals surface area contributed by atoms with E-state index in [4.69, 9.17) is 16.0 Å². The lowest BCUT2D eigenvalue weighted by Crippen LogP contribution is -2.32. The lowest BCUT2D eigenvalue weighted by atomic mass is 10.3. The number of sulfonamides is 1. The molecule has 3 rings (SSSR count). The van der Waals surface area contributed by atoms with Gasteiger partial charge in [0.05, 0.1) is 21.4 Å². The number of benzene rings is 1. The summed E-state index contributed by atoms with van der Waals surface area (Å²) in [5.41, 5.74) is 0. The molecule has 0 unspecified atom stereocenters. The molecule has 1 aromatic carbocycles. The summed E-state index contributed by atoms with van der Waals surface area (Å²) in [5, 5.41) is -1.12. The van der Waals surface area contributed by atoms with Crippen molar-refractivity contribution in [3.05, 3.63) is 53.2 Å². The fourth-order valence-electron chi connectivity index (χ4n) is 2.71. The first kappa shape index (κ1) is 18.4. The molecule has 1 saturated heterocycles. The van der Waals surface area contributed by atoms with Gasteiger partial charge in [-0.15, -0.1) is 0 Å². The van der Waals surface area contributed by atoms with Gasteiger partial charge in [0.15, 0.2) is 9.84 Å². The van der Waals surface area contributed by atoms with Crippen LogP contribution in [-0.4, -0.2) is 39.5 Å². The first-order valence-corrected chi connectivity index (χ1v) is 10.9. The van der Waals surface area contributed by atoms with Crippen LogP contribution in [0.3, 0.4) is 0 Å². The second kappa shape index (κ2) is 6.71. The maximum atomic E-state index is 13.2. The first-order valence-electron chi connectivity index (χ1n) is 7.39. The van der Waals surface area contributed by atoms with E-state index in [-0.39, 0.29) is 35.2 Å². The zero-order valence-electron chi connectivity index (χ0n) is 12.9. The van der Waals surface area contributed by atoms with E-state index in [0.717, 1.165) is 22.5 Å². The third-order valence-electron chi connectivity index (χ3n) is 4.07. The van der Waals surface area contributed by atoms with Crippen LogP contribution in [0.15, 0.2) is 45.9 Å². The molecule has 1 aromatic heterocycles. The molecule has 0 amide bonds. The average molecular weight is 408 g/mol. The second-order valence-electron chi connectivity index (χ2n) is 5.74. The highest BCUT2D eigenvalue weighted by Crippen LogP contribution is 2.28. The topological polar surface area (TPSA) is 84.7 Å². The SMILES string of the molecule is O=S(=O)(Cc1ccco1)[C@H]1CCN(S(=O)(=O)c2ccc(F)c(Cl)c2)C1. The van der Waals surface area contributed by atoms with Gasteiger partial charge in [-0.3, -0.25) is 0 Å². The van der Waals surface area contributed by atoms with E-state index < -0.39 is 30.9 Å². The Kier molecular flexibility index (Phi) is 4.93. The van der Waals surface area contributed by atoms with Gasteiger partial charge in [-0.05, 0) is 36.8 Å². The molecular weight excluding hydrogens is 393 g/mol. The molecule has 0 spiro atoms. The van der Waals surface area contributed by atoms with Crippen LogP contribution < -0.4 is 0 Å². The molecule has 1 fully saturated rings. The van der Waals surface area contributed by atoms with Gasteiger partial charge in [0.25, 0.3) is 0 Å². The third kappa shape index (κ3) is 3.74. The number of furan rings is 1. The Morgan fingerprint density at radius 1 is 1.24 bits per heavy atom. The molecule has 1 aliphatic heterocycles. The highest BCUT2D eigenvalue weighted by molar-refractivity contribution is 7.91. The second-order valence-corrected chi connectivity index (χ2v) is 10.4. The minimum atomic E-state index is -3.94. The van der Waals surface area contributed by atoms with Crippen molar-refractivity contribution >= 4 is 31.5 Å². The molecule has 0 saturated carbocycles. The molecule has 0 N–H and O–H groups in total. The van der Waals surface area contributed by atoms with Gasteiger partial charge in [-0.25, -0.2) is 21.2 Å². The number of sulfone groups is 1. The molecule has 1 atom stereocenters. The van der Waals surface area contributed by atoms with Gasteiger partial charge in [0.1, 0.15) is 17.3 Å².